The first-order chi connectivity index (χ1) is 20.4. The maximum atomic E-state index is 8.86. The molecule has 0 aliphatic rings. The molecule has 7 aromatic carbocycles. The fourth-order valence-corrected chi connectivity index (χ4v) is 6.05. The Hall–Kier alpha value is -4.42. The maximum absolute atomic E-state index is 8.86. The second-order valence-corrected chi connectivity index (χ2v) is 9.54. The molecule has 0 amide bonds. The largest absolute Gasteiger partial charge is 0.0651 e. The Bertz CT molecular complexity index is 2130. The summed E-state index contributed by atoms with van der Waals surface area (Å²) < 4.78 is 42.7. The Morgan fingerprint density at radius 1 is 0.459 bits per heavy atom. The van der Waals surface area contributed by atoms with Crippen molar-refractivity contribution in [3.63, 3.8) is 0 Å². The van der Waals surface area contributed by atoms with Gasteiger partial charge in [0.25, 0.3) is 0 Å². The molecule has 0 aliphatic heterocycles. The van der Waals surface area contributed by atoms with Crippen LogP contribution in [0, 0.1) is 0 Å². The Morgan fingerprint density at radius 2 is 0.865 bits per heavy atom. The molecule has 0 atom stereocenters. The van der Waals surface area contributed by atoms with Gasteiger partial charge < -0.3 is 0 Å². The van der Waals surface area contributed by atoms with Crippen LogP contribution in [0.5, 0.6) is 0 Å². The Kier molecular flexibility index (Phi) is 4.12. The summed E-state index contributed by atoms with van der Waals surface area (Å²) in [5, 5.41) is 8.59. The van der Waals surface area contributed by atoms with E-state index in [1.165, 1.54) is 32.7 Å². The minimum absolute atomic E-state index is 0.188. The molecule has 7 rings (SSSR count). The van der Waals surface area contributed by atoms with Crippen LogP contribution in [0.15, 0.2) is 127 Å². The van der Waals surface area contributed by atoms with Gasteiger partial charge in [0.15, 0.2) is 0 Å². The van der Waals surface area contributed by atoms with Gasteiger partial charge in [-0.1, -0.05) is 141 Å². The highest BCUT2D eigenvalue weighted by Crippen LogP contribution is 2.48. The average Bonchev–Trinajstić information content (AvgIpc) is 3.03. The molecule has 176 valence electrons. The van der Waals surface area contributed by atoms with Gasteiger partial charge in [-0.3, -0.25) is 0 Å². The Labute approximate surface area is 224 Å². The van der Waals surface area contributed by atoms with E-state index in [9.17, 15) is 0 Å². The van der Waals surface area contributed by atoms with E-state index in [-0.39, 0.29) is 35.8 Å². The second-order valence-electron chi connectivity index (χ2n) is 9.54. The van der Waals surface area contributed by atoms with Gasteiger partial charge in [-0.15, -0.1) is 0 Å². The van der Waals surface area contributed by atoms with Crippen molar-refractivity contribution in [2.45, 2.75) is 19.8 Å². The summed E-state index contributed by atoms with van der Waals surface area (Å²) in [5.74, 6) is 0. The minimum atomic E-state index is -0.383. The lowest BCUT2D eigenvalue weighted by Gasteiger charge is -2.22. The van der Waals surface area contributed by atoms with Crippen LogP contribution in [0.2, 0.25) is 0 Å². The van der Waals surface area contributed by atoms with Crippen molar-refractivity contribution in [2.75, 3.05) is 0 Å². The summed E-state index contributed by atoms with van der Waals surface area (Å²) in [6, 6.07) is 32.1. The lowest BCUT2D eigenvalue weighted by atomic mass is 9.80. The molecule has 0 heteroatoms. The number of fused-ring (bicyclic) bond motifs is 5. The topological polar surface area (TPSA) is 0 Å². The van der Waals surface area contributed by atoms with Crippen molar-refractivity contribution in [3.8, 4) is 22.3 Å². The van der Waals surface area contributed by atoms with E-state index in [0.717, 1.165) is 39.9 Å². The fraction of sp³-hybridized carbons (Fsp3) is 0.0811. The van der Waals surface area contributed by atoms with Crippen LogP contribution in [-0.2, 0) is 6.42 Å². The molecule has 0 saturated carbocycles. The molecule has 0 saturated heterocycles. The average molecular weight is 478 g/mol. The molecule has 0 heterocycles. The summed E-state index contributed by atoms with van der Waals surface area (Å²) in [4.78, 5) is 0. The molecule has 0 fully saturated rings. The molecule has 0 bridgehead atoms. The van der Waals surface area contributed by atoms with Crippen molar-refractivity contribution in [1.82, 2.24) is 0 Å². The minimum Gasteiger partial charge on any atom is -0.0651 e. The highest BCUT2D eigenvalue weighted by molar-refractivity contribution is 6.26. The lowest BCUT2D eigenvalue weighted by Crippen LogP contribution is -1.97. The lowest BCUT2D eigenvalue weighted by molar-refractivity contribution is 0.932. The molecule has 0 N–H and O–H groups in total. The summed E-state index contributed by atoms with van der Waals surface area (Å²) >= 11 is 0. The van der Waals surface area contributed by atoms with Gasteiger partial charge in [-0.05, 0) is 77.3 Å². The van der Waals surface area contributed by atoms with Crippen molar-refractivity contribution >= 4 is 43.1 Å². The smallest absolute Gasteiger partial charge is 0.0629 e. The highest BCUT2D eigenvalue weighted by atomic mass is 14.2. The fourth-order valence-electron chi connectivity index (χ4n) is 6.05. The maximum Gasteiger partial charge on any atom is 0.0629 e. The highest BCUT2D eigenvalue weighted by Gasteiger charge is 2.21. The molecule has 0 unspecified atom stereocenters. The van der Waals surface area contributed by atoms with Crippen molar-refractivity contribution in [3.05, 3.63) is 133 Å². The predicted octanol–water partition coefficient (Wildman–Crippen LogP) is 10.6. The standard InChI is InChI=1S/C37H28/c1-2-14-29-27-18-7-6-17-26(27)28-19-8-9-20-30(28)36(29)37-33-23-12-10-21-31(33)35(25-15-4-3-5-16-25)32-22-11-13-24-34(32)37/h3-13,15-24H,2,14H2,1H3/i3D,4D,5D,15D,16D. The van der Waals surface area contributed by atoms with Gasteiger partial charge in [-0.25, -0.2) is 0 Å². The zero-order valence-electron chi connectivity index (χ0n) is 25.7. The van der Waals surface area contributed by atoms with Crippen LogP contribution in [0.25, 0.3) is 65.3 Å². The molecule has 0 nitrogen and oxygen atoms in total. The first-order valence-electron chi connectivity index (χ1n) is 15.4. The van der Waals surface area contributed by atoms with E-state index in [1.54, 1.807) is 0 Å². The number of benzene rings is 7. The van der Waals surface area contributed by atoms with Crippen LogP contribution in [0.4, 0.5) is 0 Å². The quantitative estimate of drug-likeness (QED) is 0.175. The van der Waals surface area contributed by atoms with Crippen LogP contribution in [0.3, 0.4) is 0 Å². The monoisotopic (exact) mass is 477 g/mol. The zero-order valence-corrected chi connectivity index (χ0v) is 20.7. The first-order valence-corrected chi connectivity index (χ1v) is 12.9. The summed E-state index contributed by atoms with van der Waals surface area (Å²) in [6.45, 7) is 2.21. The molecular weight excluding hydrogens is 444 g/mol. The molecule has 0 aromatic heterocycles. The van der Waals surface area contributed by atoms with Gasteiger partial charge in [0.1, 0.15) is 0 Å². The van der Waals surface area contributed by atoms with Crippen molar-refractivity contribution in [2.24, 2.45) is 0 Å². The van der Waals surface area contributed by atoms with E-state index in [4.69, 9.17) is 6.85 Å². The predicted molar refractivity (Wildman–Crippen MR) is 161 cm³/mol. The summed E-state index contributed by atoms with van der Waals surface area (Å²) in [6.07, 6.45) is 1.90. The first kappa shape index (κ1) is 17.1. The van der Waals surface area contributed by atoms with Crippen LogP contribution < -0.4 is 0 Å². The normalized spacial score (nSPS) is 13.5. The van der Waals surface area contributed by atoms with Crippen LogP contribution >= 0.6 is 0 Å². The molecule has 0 radical (unpaired) electrons. The molecule has 0 aliphatic carbocycles. The third-order valence-corrected chi connectivity index (χ3v) is 7.47. The van der Waals surface area contributed by atoms with Crippen LogP contribution in [0.1, 0.15) is 25.8 Å². The van der Waals surface area contributed by atoms with Gasteiger partial charge in [0.2, 0.25) is 0 Å². The zero-order chi connectivity index (χ0) is 29.1. The van der Waals surface area contributed by atoms with Crippen molar-refractivity contribution in [1.29, 1.82) is 0 Å². The van der Waals surface area contributed by atoms with Gasteiger partial charge >= 0.3 is 0 Å². The third-order valence-electron chi connectivity index (χ3n) is 7.47. The molecule has 37 heavy (non-hydrogen) atoms. The third kappa shape index (κ3) is 3.37. The summed E-state index contributed by atoms with van der Waals surface area (Å²) in [7, 11) is 0. The molecule has 7 aromatic rings. The Morgan fingerprint density at radius 3 is 1.38 bits per heavy atom. The van der Waals surface area contributed by atoms with E-state index >= 15 is 0 Å². The number of aryl methyl sites for hydroxylation is 1. The molecule has 0 spiro atoms. The van der Waals surface area contributed by atoms with Gasteiger partial charge in [-0.2, -0.15) is 0 Å². The van der Waals surface area contributed by atoms with Crippen molar-refractivity contribution < 1.29 is 6.85 Å². The van der Waals surface area contributed by atoms with E-state index in [1.807, 2.05) is 36.4 Å². The second kappa shape index (κ2) is 8.91. The van der Waals surface area contributed by atoms with E-state index in [0.29, 0.717) is 5.56 Å². The molecular formula is C37H28. The van der Waals surface area contributed by atoms with Crippen LogP contribution in [-0.4, -0.2) is 0 Å². The van der Waals surface area contributed by atoms with Gasteiger partial charge in [0, 0.05) is 0 Å². The summed E-state index contributed by atoms with van der Waals surface area (Å²) in [5.41, 5.74) is 4.52. The van der Waals surface area contributed by atoms with E-state index < -0.39 is 0 Å². The SMILES string of the molecule is [2H]c1c([2H])c([2H])c(-c2c3ccccc3c(-c3c(CCC)c4ccccc4c4ccccc34)c3ccccc23)c([2H])c1[2H]. The van der Waals surface area contributed by atoms with E-state index in [2.05, 4.69) is 67.6 Å². The number of hydrogen-bond acceptors (Lipinski definition) is 0. The van der Waals surface area contributed by atoms with Gasteiger partial charge in [0.05, 0.1) is 6.85 Å². The number of hydrogen-bond donors (Lipinski definition) is 0. The number of rotatable bonds is 4. The Balaban J connectivity index is 1.75.